The third-order valence-electron chi connectivity index (χ3n) is 9.97. The first-order chi connectivity index (χ1) is 24.7. The molecule has 0 saturated heterocycles. The van der Waals surface area contributed by atoms with Crippen molar-refractivity contribution in [1.82, 2.24) is 4.57 Å². The zero-order chi connectivity index (χ0) is 33.6. The van der Waals surface area contributed by atoms with Crippen molar-refractivity contribution in [3.63, 3.8) is 0 Å². The Hall–Kier alpha value is -6.64. The molecule has 2 N–H and O–H groups in total. The summed E-state index contributed by atoms with van der Waals surface area (Å²) in [5, 5.41) is 7.30. The fourth-order valence-electron chi connectivity index (χ4n) is 7.44. The lowest BCUT2D eigenvalue weighted by atomic mass is 9.96. The number of hydrogen-bond donors (Lipinski definition) is 1. The Labute approximate surface area is 291 Å². The van der Waals surface area contributed by atoms with Crippen LogP contribution in [0.15, 0.2) is 189 Å². The molecule has 8 aromatic carbocycles. The first-order valence-electron chi connectivity index (χ1n) is 17.0. The summed E-state index contributed by atoms with van der Waals surface area (Å²) >= 11 is 0. The number of nitrogens with zero attached hydrogens (tertiary/aromatic N) is 1. The van der Waals surface area contributed by atoms with Gasteiger partial charge in [0.25, 0.3) is 0 Å². The van der Waals surface area contributed by atoms with E-state index >= 15 is 0 Å². The summed E-state index contributed by atoms with van der Waals surface area (Å²) in [6, 6.07) is 61.7. The first kappa shape index (κ1) is 29.5. The molecule has 0 aliphatic carbocycles. The summed E-state index contributed by atoms with van der Waals surface area (Å²) in [6.45, 7) is 3.91. The van der Waals surface area contributed by atoms with Gasteiger partial charge in [-0.2, -0.15) is 0 Å². The van der Waals surface area contributed by atoms with E-state index in [1.807, 2.05) is 0 Å². The van der Waals surface area contributed by atoms with E-state index < -0.39 is 0 Å². The second-order valence-corrected chi connectivity index (χ2v) is 12.9. The Balaban J connectivity index is 1.20. The maximum absolute atomic E-state index is 5.84. The number of hydrogen-bond acceptors (Lipinski definition) is 1. The van der Waals surface area contributed by atoms with Gasteiger partial charge in [0.05, 0.1) is 11.0 Å². The molecule has 0 bridgehead atoms. The Morgan fingerprint density at radius 1 is 0.460 bits per heavy atom. The van der Waals surface area contributed by atoms with Gasteiger partial charge in [-0.25, -0.2) is 0 Å². The minimum atomic E-state index is 0.927. The molecular formula is C48H34N2. The summed E-state index contributed by atoms with van der Waals surface area (Å²) in [6.07, 6.45) is 3.40. The maximum Gasteiger partial charge on any atom is 0.0619 e. The summed E-state index contributed by atoms with van der Waals surface area (Å²) in [5.74, 6) is 0. The van der Waals surface area contributed by atoms with Gasteiger partial charge in [0.15, 0.2) is 0 Å². The largest absolute Gasteiger partial charge is 0.404 e. The highest BCUT2D eigenvalue weighted by atomic mass is 15.0. The summed E-state index contributed by atoms with van der Waals surface area (Å²) in [5.41, 5.74) is 18.6. The van der Waals surface area contributed by atoms with Crippen LogP contribution in [0.25, 0.3) is 88.0 Å². The number of nitrogens with two attached hydrogens (primary N) is 1. The molecule has 50 heavy (non-hydrogen) atoms. The van der Waals surface area contributed by atoms with Crippen LogP contribution >= 0.6 is 0 Å². The van der Waals surface area contributed by atoms with Crippen molar-refractivity contribution in [1.29, 1.82) is 0 Å². The molecular weight excluding hydrogens is 605 g/mol. The normalized spacial score (nSPS) is 11.9. The van der Waals surface area contributed by atoms with Gasteiger partial charge in [-0.1, -0.05) is 140 Å². The molecule has 1 heterocycles. The second-order valence-electron chi connectivity index (χ2n) is 12.9. The Kier molecular flexibility index (Phi) is 7.14. The SMILES string of the molecule is C=C/C(=C\N)c1ccc2cc(-c3ccc4c5ccc6cc(-c7cccc(-c8ccccc8)c7)ccc6c5n(-c5ccccc5)c4c3)ccc2c1. The fraction of sp³-hybridized carbons (Fsp3) is 0. The van der Waals surface area contributed by atoms with Crippen molar-refractivity contribution in [2.75, 3.05) is 0 Å². The predicted molar refractivity (Wildman–Crippen MR) is 214 cm³/mol. The Morgan fingerprint density at radius 2 is 1.02 bits per heavy atom. The van der Waals surface area contributed by atoms with Crippen LogP contribution in [0.2, 0.25) is 0 Å². The van der Waals surface area contributed by atoms with E-state index in [1.165, 1.54) is 76.7 Å². The van der Waals surface area contributed by atoms with Crippen molar-refractivity contribution in [3.8, 4) is 39.1 Å². The highest BCUT2D eigenvalue weighted by Crippen LogP contribution is 2.40. The van der Waals surface area contributed by atoms with Crippen LogP contribution in [0.4, 0.5) is 0 Å². The quantitative estimate of drug-likeness (QED) is 0.181. The van der Waals surface area contributed by atoms with E-state index in [0.29, 0.717) is 0 Å². The molecule has 0 aliphatic rings. The zero-order valence-electron chi connectivity index (χ0n) is 27.6. The molecule has 9 rings (SSSR count). The van der Waals surface area contributed by atoms with E-state index in [0.717, 1.165) is 16.8 Å². The lowest BCUT2D eigenvalue weighted by Gasteiger charge is -2.12. The van der Waals surface area contributed by atoms with E-state index in [9.17, 15) is 0 Å². The minimum absolute atomic E-state index is 0.927. The summed E-state index contributed by atoms with van der Waals surface area (Å²) in [4.78, 5) is 0. The van der Waals surface area contributed by atoms with Crippen LogP contribution < -0.4 is 5.73 Å². The van der Waals surface area contributed by atoms with E-state index in [2.05, 4.69) is 181 Å². The predicted octanol–water partition coefficient (Wildman–Crippen LogP) is 12.6. The molecule has 0 spiro atoms. The van der Waals surface area contributed by atoms with Crippen molar-refractivity contribution < 1.29 is 0 Å². The number of rotatable bonds is 6. The van der Waals surface area contributed by atoms with Crippen LogP contribution in [-0.2, 0) is 0 Å². The van der Waals surface area contributed by atoms with Gasteiger partial charge >= 0.3 is 0 Å². The third-order valence-corrected chi connectivity index (χ3v) is 9.97. The van der Waals surface area contributed by atoms with Gasteiger partial charge in [0, 0.05) is 28.0 Å². The molecule has 0 aliphatic heterocycles. The molecule has 0 fully saturated rings. The van der Waals surface area contributed by atoms with E-state index in [-0.39, 0.29) is 0 Å². The molecule has 0 amide bonds. The van der Waals surface area contributed by atoms with Gasteiger partial charge in [0.1, 0.15) is 0 Å². The molecule has 0 saturated carbocycles. The van der Waals surface area contributed by atoms with Crippen LogP contribution in [0, 0.1) is 0 Å². The van der Waals surface area contributed by atoms with Crippen molar-refractivity contribution in [3.05, 3.63) is 194 Å². The average Bonchev–Trinajstić information content (AvgIpc) is 3.53. The molecule has 2 nitrogen and oxygen atoms in total. The molecule has 9 aromatic rings. The van der Waals surface area contributed by atoms with Crippen molar-refractivity contribution in [2.45, 2.75) is 0 Å². The van der Waals surface area contributed by atoms with Crippen LogP contribution in [0.3, 0.4) is 0 Å². The lowest BCUT2D eigenvalue weighted by molar-refractivity contribution is 1.19. The number of aromatic nitrogens is 1. The topological polar surface area (TPSA) is 30.9 Å². The van der Waals surface area contributed by atoms with E-state index in [4.69, 9.17) is 5.73 Å². The van der Waals surface area contributed by atoms with Crippen molar-refractivity contribution >= 4 is 48.9 Å². The molecule has 2 heteroatoms. The van der Waals surface area contributed by atoms with Gasteiger partial charge < -0.3 is 10.3 Å². The average molecular weight is 639 g/mol. The highest BCUT2D eigenvalue weighted by molar-refractivity contribution is 6.19. The second kappa shape index (κ2) is 12.1. The zero-order valence-corrected chi connectivity index (χ0v) is 27.6. The number of allylic oxidation sites excluding steroid dienone is 2. The van der Waals surface area contributed by atoms with Gasteiger partial charge in [-0.05, 0) is 103 Å². The molecule has 0 atom stereocenters. The summed E-state index contributed by atoms with van der Waals surface area (Å²) < 4.78 is 2.44. The van der Waals surface area contributed by atoms with Crippen molar-refractivity contribution in [2.24, 2.45) is 5.73 Å². The highest BCUT2D eigenvalue weighted by Gasteiger charge is 2.17. The minimum Gasteiger partial charge on any atom is -0.404 e. The first-order valence-corrected chi connectivity index (χ1v) is 17.0. The molecule has 236 valence electrons. The van der Waals surface area contributed by atoms with Crippen LogP contribution in [0.5, 0.6) is 0 Å². The number of fused-ring (bicyclic) bond motifs is 6. The number of para-hydroxylation sites is 1. The Morgan fingerprint density at radius 3 is 1.78 bits per heavy atom. The van der Waals surface area contributed by atoms with Gasteiger partial charge in [-0.3, -0.25) is 0 Å². The van der Waals surface area contributed by atoms with Gasteiger partial charge in [0.2, 0.25) is 0 Å². The molecule has 0 unspecified atom stereocenters. The standard InChI is InChI=1S/C48H34N2/c1-2-32(31-49)36-16-17-38-28-39(19-18-37(38)27-36)41-21-24-45-46-25-22-42-29-40(35-13-9-12-34(26-35)33-10-5-3-6-11-33)20-23-44(42)48(46)50(47(45)30-41)43-14-7-4-8-15-43/h2-31H,1,49H2/b32-31+. The van der Waals surface area contributed by atoms with E-state index in [1.54, 1.807) is 12.3 Å². The third kappa shape index (κ3) is 4.98. The monoisotopic (exact) mass is 638 g/mol. The van der Waals surface area contributed by atoms with Crippen LogP contribution in [-0.4, -0.2) is 4.57 Å². The molecule has 0 radical (unpaired) electrons. The number of benzene rings is 8. The molecule has 1 aromatic heterocycles. The lowest BCUT2D eigenvalue weighted by Crippen LogP contribution is -1.94. The van der Waals surface area contributed by atoms with Gasteiger partial charge in [-0.15, -0.1) is 0 Å². The van der Waals surface area contributed by atoms with Crippen LogP contribution in [0.1, 0.15) is 5.56 Å². The Bertz CT molecular complexity index is 2770. The fourth-order valence-corrected chi connectivity index (χ4v) is 7.44. The summed E-state index contributed by atoms with van der Waals surface area (Å²) in [7, 11) is 0. The maximum atomic E-state index is 5.84. The smallest absolute Gasteiger partial charge is 0.0619 e.